The smallest absolute Gasteiger partial charge is 0.405 e. The number of aryl methyl sites for hydroxylation is 1. The second kappa shape index (κ2) is 15.4. The van der Waals surface area contributed by atoms with Crippen molar-refractivity contribution in [2.75, 3.05) is 6.54 Å². The van der Waals surface area contributed by atoms with Crippen molar-refractivity contribution in [3.63, 3.8) is 0 Å². The lowest BCUT2D eigenvalue weighted by molar-refractivity contribution is -0.276. The van der Waals surface area contributed by atoms with Crippen LogP contribution in [-0.4, -0.2) is 51.7 Å². The Morgan fingerprint density at radius 1 is 1.06 bits per heavy atom. The lowest BCUT2D eigenvalue weighted by atomic mass is 9.91. The summed E-state index contributed by atoms with van der Waals surface area (Å²) < 4.78 is 106. The number of nitrogens with zero attached hydrogens (tertiary/aromatic N) is 2. The maximum atomic E-state index is 15.6. The molecule has 17 heteroatoms. The van der Waals surface area contributed by atoms with Gasteiger partial charge in [-0.25, -0.2) is 9.18 Å². The summed E-state index contributed by atoms with van der Waals surface area (Å²) in [5.41, 5.74) is 5.66. The zero-order valence-corrected chi connectivity index (χ0v) is 28.8. The number of amidine groups is 1. The molecule has 6 N–H and O–H groups in total. The van der Waals surface area contributed by atoms with Crippen LogP contribution in [0.3, 0.4) is 0 Å². The number of H-pyrrole nitrogens is 1. The van der Waals surface area contributed by atoms with Gasteiger partial charge in [0.05, 0.1) is 17.2 Å². The number of rotatable bonds is 13. The van der Waals surface area contributed by atoms with Gasteiger partial charge in [0.15, 0.2) is 11.6 Å². The van der Waals surface area contributed by atoms with E-state index in [0.29, 0.717) is 56.0 Å². The fourth-order valence-corrected chi connectivity index (χ4v) is 6.92. The molecule has 6 rings (SSSR count). The quantitative estimate of drug-likeness (QED) is 0.0540. The van der Waals surface area contributed by atoms with E-state index in [-0.39, 0.29) is 45.6 Å². The molecule has 1 saturated carbocycles. The van der Waals surface area contributed by atoms with Crippen molar-refractivity contribution in [2.24, 2.45) is 11.7 Å². The van der Waals surface area contributed by atoms with Gasteiger partial charge in [0.1, 0.15) is 11.4 Å². The number of alkyl halides is 6. The fourth-order valence-electron chi connectivity index (χ4n) is 6.92. The Labute approximate surface area is 299 Å². The van der Waals surface area contributed by atoms with Crippen molar-refractivity contribution in [1.82, 2.24) is 25.2 Å². The minimum Gasteiger partial charge on any atom is -0.405 e. The summed E-state index contributed by atoms with van der Waals surface area (Å²) in [7, 11) is 0. The molecule has 2 aromatic carbocycles. The Morgan fingerprint density at radius 2 is 1.79 bits per heavy atom. The molecule has 1 saturated heterocycles. The van der Waals surface area contributed by atoms with Gasteiger partial charge in [0, 0.05) is 53.4 Å². The number of aromatic amines is 1. The molecule has 4 aromatic rings. The summed E-state index contributed by atoms with van der Waals surface area (Å²) in [5, 5.41) is 14.1. The Hall–Kier alpha value is -4.64. The highest BCUT2D eigenvalue weighted by molar-refractivity contribution is 5.83. The van der Waals surface area contributed by atoms with Gasteiger partial charge in [0.25, 0.3) is 0 Å². The van der Waals surface area contributed by atoms with Crippen LogP contribution in [0.15, 0.2) is 47.4 Å². The minimum atomic E-state index is -5.16. The van der Waals surface area contributed by atoms with E-state index in [0.717, 1.165) is 42.4 Å². The van der Waals surface area contributed by atoms with Gasteiger partial charge in [-0.3, -0.25) is 9.98 Å². The lowest BCUT2D eigenvalue weighted by Crippen LogP contribution is -2.39. The molecule has 0 spiro atoms. The maximum Gasteiger partial charge on any atom is 0.573 e. The van der Waals surface area contributed by atoms with E-state index < -0.39 is 41.8 Å². The first-order valence-electron chi connectivity index (χ1n) is 17.4. The number of benzene rings is 2. The van der Waals surface area contributed by atoms with Crippen molar-refractivity contribution >= 4 is 16.9 Å². The van der Waals surface area contributed by atoms with Crippen molar-refractivity contribution in [1.29, 1.82) is 5.41 Å². The number of nitrogens with two attached hydrogens (primary N) is 1. The number of hydrogen-bond acceptors (Lipinski definition) is 7. The van der Waals surface area contributed by atoms with Crippen LogP contribution >= 0.6 is 0 Å². The molecule has 0 unspecified atom stereocenters. The van der Waals surface area contributed by atoms with Crippen molar-refractivity contribution in [2.45, 2.75) is 95.6 Å². The molecule has 3 atom stereocenters. The molecule has 1 aliphatic heterocycles. The molecule has 10 nitrogen and oxygen atoms in total. The molecular formula is C36H40F7N7O3. The molecule has 0 radical (unpaired) electrons. The van der Waals surface area contributed by atoms with Crippen LogP contribution in [0.25, 0.3) is 28.0 Å². The van der Waals surface area contributed by atoms with Gasteiger partial charge in [-0.2, -0.15) is 4.98 Å². The number of ether oxygens (including phenoxy) is 2. The van der Waals surface area contributed by atoms with E-state index in [1.54, 1.807) is 6.92 Å². The average molecular weight is 752 g/mol. The lowest BCUT2D eigenvalue weighted by Gasteiger charge is -2.32. The van der Waals surface area contributed by atoms with Crippen LogP contribution in [0.4, 0.5) is 30.7 Å². The van der Waals surface area contributed by atoms with Gasteiger partial charge in [-0.1, -0.05) is 12.5 Å². The first-order valence-corrected chi connectivity index (χ1v) is 17.4. The van der Waals surface area contributed by atoms with Gasteiger partial charge in [-0.15, -0.1) is 26.3 Å². The fraction of sp³-hybridized carbons (Fsp3) is 0.472. The second-order valence-electron chi connectivity index (χ2n) is 13.7. The maximum absolute atomic E-state index is 15.6. The van der Waals surface area contributed by atoms with Crippen LogP contribution in [-0.2, 0) is 6.42 Å². The van der Waals surface area contributed by atoms with E-state index in [9.17, 15) is 31.1 Å². The van der Waals surface area contributed by atoms with E-state index in [1.165, 1.54) is 30.5 Å². The van der Waals surface area contributed by atoms with E-state index in [4.69, 9.17) is 11.1 Å². The predicted octanol–water partition coefficient (Wildman–Crippen LogP) is 7.54. The van der Waals surface area contributed by atoms with Crippen LogP contribution in [0, 0.1) is 17.1 Å². The zero-order valence-electron chi connectivity index (χ0n) is 28.8. The Bertz CT molecular complexity index is 2010. The van der Waals surface area contributed by atoms with Crippen LogP contribution in [0.2, 0.25) is 0 Å². The van der Waals surface area contributed by atoms with E-state index in [1.807, 2.05) is 0 Å². The Balaban J connectivity index is 1.31. The second-order valence-corrected chi connectivity index (χ2v) is 13.7. The average Bonchev–Trinajstić information content (AvgIpc) is 3.84. The third-order valence-corrected chi connectivity index (χ3v) is 9.60. The SMILES string of the molecule is CC(=N)NCC[C@@H]1CCC[C@@H](c2ccc(-n3cc4cc(-c5cc(CCC[C@@H](N)C6CC6)cc(OC(F)(F)F)c5F)[nH]c4nc3=O)cc2OC(F)(F)F)N1. The van der Waals surface area contributed by atoms with Crippen LogP contribution < -0.4 is 31.5 Å². The third kappa shape index (κ3) is 9.87. The summed E-state index contributed by atoms with van der Waals surface area (Å²) in [6.45, 7) is 2.15. The largest absolute Gasteiger partial charge is 0.573 e. The number of fused-ring (bicyclic) bond motifs is 1. The predicted molar refractivity (Wildman–Crippen MR) is 184 cm³/mol. The molecule has 2 aliphatic rings. The topological polar surface area (TPSA) is 143 Å². The van der Waals surface area contributed by atoms with Gasteiger partial charge in [-0.05, 0) is 94.0 Å². The van der Waals surface area contributed by atoms with Gasteiger partial charge in [0.2, 0.25) is 0 Å². The Kier molecular flexibility index (Phi) is 11.1. The third-order valence-electron chi connectivity index (χ3n) is 9.60. The first-order chi connectivity index (χ1) is 25.0. The summed E-state index contributed by atoms with van der Waals surface area (Å²) in [6.07, 6.45) is -2.55. The molecule has 2 fully saturated rings. The van der Waals surface area contributed by atoms with Crippen molar-refractivity contribution in [3.8, 4) is 28.4 Å². The molecule has 1 aliphatic carbocycles. The first kappa shape index (κ1) is 38.1. The van der Waals surface area contributed by atoms with E-state index >= 15 is 4.39 Å². The zero-order chi connectivity index (χ0) is 38.1. The standard InChI is InChI=1S/C36H40F7N7O3/c1-19(44)46-13-12-23-5-3-7-28(47-23)25-11-10-24(17-30(25)52-35(38,39)40)50-18-22-16-29(48-33(22)49-34(50)51)26-14-20(4-2-6-27(45)21-8-9-21)15-31(32(26)37)53-36(41,42)43/h10-11,14-18,21,23,27-28,47H,2-9,12-13,45H2,1H3,(H2,44,46)(H,48,49,51)/t23-,27+,28-/m0/s1. The van der Waals surface area contributed by atoms with Crippen LogP contribution in [0.5, 0.6) is 11.5 Å². The Morgan fingerprint density at radius 3 is 2.49 bits per heavy atom. The number of aromatic nitrogens is 3. The highest BCUT2D eigenvalue weighted by atomic mass is 19.4. The molecule has 286 valence electrons. The summed E-state index contributed by atoms with van der Waals surface area (Å²) in [4.78, 5) is 20.0. The van der Waals surface area contributed by atoms with Crippen molar-refractivity contribution in [3.05, 3.63) is 70.0 Å². The molecular weight excluding hydrogens is 711 g/mol. The number of piperidine rings is 1. The molecule has 0 amide bonds. The number of hydrogen-bond donors (Lipinski definition) is 5. The number of halogens is 7. The van der Waals surface area contributed by atoms with Crippen molar-refractivity contribution < 1.29 is 40.2 Å². The summed E-state index contributed by atoms with van der Waals surface area (Å²) >= 11 is 0. The number of nitrogens with one attached hydrogen (secondary N) is 4. The summed E-state index contributed by atoms with van der Waals surface area (Å²) in [5.74, 6) is -2.05. The highest BCUT2D eigenvalue weighted by Gasteiger charge is 2.35. The van der Waals surface area contributed by atoms with Crippen LogP contribution in [0.1, 0.15) is 75.5 Å². The normalized spacial score (nSPS) is 18.6. The molecule has 53 heavy (non-hydrogen) atoms. The highest BCUT2D eigenvalue weighted by Crippen LogP contribution is 2.38. The van der Waals surface area contributed by atoms with Gasteiger partial charge >= 0.3 is 18.4 Å². The molecule has 3 heterocycles. The van der Waals surface area contributed by atoms with Gasteiger partial charge < -0.3 is 30.8 Å². The molecule has 0 bridgehead atoms. The summed E-state index contributed by atoms with van der Waals surface area (Å²) in [6, 6.07) is 7.28. The minimum absolute atomic E-state index is 0.00560. The molecule has 2 aromatic heterocycles. The van der Waals surface area contributed by atoms with E-state index in [2.05, 4.69) is 30.1 Å². The monoisotopic (exact) mass is 751 g/mol.